The van der Waals surface area contributed by atoms with Crippen molar-refractivity contribution >= 4 is 11.3 Å². The highest BCUT2D eigenvalue weighted by molar-refractivity contribution is 7.10. The van der Waals surface area contributed by atoms with Crippen molar-refractivity contribution in [2.24, 2.45) is 0 Å². The molecule has 1 N–H and O–H groups in total. The highest BCUT2D eigenvalue weighted by atomic mass is 32.1. The van der Waals surface area contributed by atoms with Crippen LogP contribution < -0.4 is 5.32 Å². The van der Waals surface area contributed by atoms with Crippen molar-refractivity contribution in [2.45, 2.75) is 19.9 Å². The first-order chi connectivity index (χ1) is 6.75. The van der Waals surface area contributed by atoms with Crippen molar-refractivity contribution in [3.8, 4) is 0 Å². The molecule has 2 nitrogen and oxygen atoms in total. The van der Waals surface area contributed by atoms with Gasteiger partial charge in [0.25, 0.3) is 0 Å². The van der Waals surface area contributed by atoms with Crippen LogP contribution >= 0.6 is 11.3 Å². The Morgan fingerprint density at radius 3 is 2.93 bits per heavy atom. The van der Waals surface area contributed by atoms with Gasteiger partial charge < -0.3 is 5.32 Å². The summed E-state index contributed by atoms with van der Waals surface area (Å²) in [6.45, 7) is 7.64. The van der Waals surface area contributed by atoms with Crippen LogP contribution in [0, 0.1) is 0 Å². The maximum atomic E-state index is 3.34. The number of nitrogens with zero attached hydrogens (tertiary/aromatic N) is 1. The van der Waals surface area contributed by atoms with Gasteiger partial charge in [0.1, 0.15) is 0 Å². The molecule has 1 unspecified atom stereocenters. The lowest BCUT2D eigenvalue weighted by Crippen LogP contribution is -2.30. The Balaban J connectivity index is 2.33. The van der Waals surface area contributed by atoms with Gasteiger partial charge in [-0.05, 0) is 32.0 Å². The minimum absolute atomic E-state index is 0.536. The van der Waals surface area contributed by atoms with Gasteiger partial charge in [0, 0.05) is 24.0 Å². The number of nitrogens with one attached hydrogen (secondary N) is 1. The first kappa shape index (κ1) is 11.7. The van der Waals surface area contributed by atoms with E-state index in [1.807, 2.05) is 11.3 Å². The van der Waals surface area contributed by atoms with Gasteiger partial charge in [-0.1, -0.05) is 13.0 Å². The number of hydrogen-bond acceptors (Lipinski definition) is 3. The highest BCUT2D eigenvalue weighted by Crippen LogP contribution is 2.22. The highest BCUT2D eigenvalue weighted by Gasteiger charge is 2.11. The Morgan fingerprint density at radius 2 is 2.36 bits per heavy atom. The maximum Gasteiger partial charge on any atom is 0.0410 e. The Kier molecular flexibility index (Phi) is 5.15. The third-order valence-electron chi connectivity index (χ3n) is 2.51. The van der Waals surface area contributed by atoms with Crippen molar-refractivity contribution in [1.29, 1.82) is 0 Å². The van der Waals surface area contributed by atoms with Crippen LogP contribution in [-0.2, 0) is 0 Å². The second-order valence-electron chi connectivity index (χ2n) is 3.53. The van der Waals surface area contributed by atoms with Crippen molar-refractivity contribution in [2.75, 3.05) is 26.7 Å². The molecule has 0 fully saturated rings. The Bertz CT molecular complexity index is 233. The van der Waals surface area contributed by atoms with Gasteiger partial charge in [-0.25, -0.2) is 0 Å². The van der Waals surface area contributed by atoms with E-state index in [1.54, 1.807) is 0 Å². The van der Waals surface area contributed by atoms with Crippen LogP contribution in [0.15, 0.2) is 17.5 Å². The van der Waals surface area contributed by atoms with Crippen molar-refractivity contribution in [1.82, 2.24) is 10.2 Å². The molecule has 1 aromatic heterocycles. The van der Waals surface area contributed by atoms with Gasteiger partial charge in [0.15, 0.2) is 0 Å². The van der Waals surface area contributed by atoms with E-state index in [4.69, 9.17) is 0 Å². The van der Waals surface area contributed by atoms with Crippen LogP contribution in [-0.4, -0.2) is 31.6 Å². The van der Waals surface area contributed by atoms with Gasteiger partial charge in [0.05, 0.1) is 0 Å². The molecule has 0 saturated heterocycles. The summed E-state index contributed by atoms with van der Waals surface area (Å²) in [5.41, 5.74) is 0. The Morgan fingerprint density at radius 1 is 1.57 bits per heavy atom. The molecule has 0 aliphatic heterocycles. The largest absolute Gasteiger partial charge is 0.316 e. The molecule has 0 aliphatic rings. The molecule has 1 aromatic rings. The van der Waals surface area contributed by atoms with Gasteiger partial charge in [-0.2, -0.15) is 0 Å². The molecule has 0 radical (unpaired) electrons. The molecule has 14 heavy (non-hydrogen) atoms. The summed E-state index contributed by atoms with van der Waals surface area (Å²) >= 11 is 1.84. The fraction of sp³-hybridized carbons (Fsp3) is 0.636. The summed E-state index contributed by atoms with van der Waals surface area (Å²) in [5.74, 6) is 0. The van der Waals surface area contributed by atoms with E-state index in [2.05, 4.69) is 48.6 Å². The van der Waals surface area contributed by atoms with Gasteiger partial charge in [-0.3, -0.25) is 4.90 Å². The molecule has 1 atom stereocenters. The molecule has 0 saturated carbocycles. The zero-order valence-electron chi connectivity index (χ0n) is 9.29. The van der Waals surface area contributed by atoms with E-state index < -0.39 is 0 Å². The van der Waals surface area contributed by atoms with Crippen LogP contribution in [0.5, 0.6) is 0 Å². The second-order valence-corrected chi connectivity index (χ2v) is 4.50. The maximum absolute atomic E-state index is 3.34. The summed E-state index contributed by atoms with van der Waals surface area (Å²) in [5, 5.41) is 5.48. The van der Waals surface area contributed by atoms with E-state index in [0.717, 1.165) is 19.6 Å². The van der Waals surface area contributed by atoms with Crippen molar-refractivity contribution in [3.63, 3.8) is 0 Å². The van der Waals surface area contributed by atoms with Crippen molar-refractivity contribution < 1.29 is 0 Å². The monoisotopic (exact) mass is 212 g/mol. The van der Waals surface area contributed by atoms with Crippen LogP contribution in [0.3, 0.4) is 0 Å². The molecular weight excluding hydrogens is 192 g/mol. The minimum Gasteiger partial charge on any atom is -0.316 e. The smallest absolute Gasteiger partial charge is 0.0410 e. The van der Waals surface area contributed by atoms with Gasteiger partial charge >= 0.3 is 0 Å². The predicted molar refractivity (Wildman–Crippen MR) is 63.9 cm³/mol. The minimum atomic E-state index is 0.536. The zero-order valence-corrected chi connectivity index (χ0v) is 10.1. The lowest BCUT2D eigenvalue weighted by Gasteiger charge is -2.23. The Hall–Kier alpha value is -0.380. The molecule has 0 spiro atoms. The first-order valence-corrected chi connectivity index (χ1v) is 6.08. The molecule has 80 valence electrons. The summed E-state index contributed by atoms with van der Waals surface area (Å²) in [4.78, 5) is 3.83. The van der Waals surface area contributed by atoms with E-state index >= 15 is 0 Å². The molecule has 1 heterocycles. The van der Waals surface area contributed by atoms with E-state index in [0.29, 0.717) is 6.04 Å². The third kappa shape index (κ3) is 3.40. The predicted octanol–water partition coefficient (Wildman–Crippen LogP) is 2.35. The number of rotatable bonds is 6. The average molecular weight is 212 g/mol. The molecule has 3 heteroatoms. The van der Waals surface area contributed by atoms with E-state index in [9.17, 15) is 0 Å². The lowest BCUT2D eigenvalue weighted by atomic mass is 10.2. The summed E-state index contributed by atoms with van der Waals surface area (Å²) in [6.07, 6.45) is 0. The third-order valence-corrected chi connectivity index (χ3v) is 3.55. The molecular formula is C11H20N2S. The molecule has 0 bridgehead atoms. The number of hydrogen-bond donors (Lipinski definition) is 1. The molecule has 0 aromatic carbocycles. The average Bonchev–Trinajstić information content (AvgIpc) is 2.69. The lowest BCUT2D eigenvalue weighted by molar-refractivity contribution is 0.265. The first-order valence-electron chi connectivity index (χ1n) is 5.20. The molecule has 1 rings (SSSR count). The van der Waals surface area contributed by atoms with E-state index in [-0.39, 0.29) is 0 Å². The fourth-order valence-electron chi connectivity index (χ4n) is 1.37. The summed E-state index contributed by atoms with van der Waals surface area (Å²) < 4.78 is 0. The quantitative estimate of drug-likeness (QED) is 0.728. The van der Waals surface area contributed by atoms with Gasteiger partial charge in [-0.15, -0.1) is 11.3 Å². The SMILES string of the molecule is CCNCCN(C)C(C)c1cccs1. The fourth-order valence-corrected chi connectivity index (χ4v) is 2.22. The topological polar surface area (TPSA) is 15.3 Å². The molecule has 0 aliphatic carbocycles. The second kappa shape index (κ2) is 6.17. The number of thiophene rings is 1. The van der Waals surface area contributed by atoms with Crippen molar-refractivity contribution in [3.05, 3.63) is 22.4 Å². The van der Waals surface area contributed by atoms with E-state index in [1.165, 1.54) is 4.88 Å². The van der Waals surface area contributed by atoms with Crippen LogP contribution in [0.1, 0.15) is 24.8 Å². The van der Waals surface area contributed by atoms with Crippen LogP contribution in [0.2, 0.25) is 0 Å². The van der Waals surface area contributed by atoms with Crippen LogP contribution in [0.4, 0.5) is 0 Å². The Labute approximate surface area is 90.9 Å². The van der Waals surface area contributed by atoms with Crippen LogP contribution in [0.25, 0.3) is 0 Å². The zero-order chi connectivity index (χ0) is 10.4. The number of likely N-dealkylation sites (N-methyl/N-ethyl adjacent to an activating group) is 2. The standard InChI is InChI=1S/C11H20N2S/c1-4-12-7-8-13(3)10(2)11-6-5-9-14-11/h5-6,9-10,12H,4,7-8H2,1-3H3. The summed E-state index contributed by atoms with van der Waals surface area (Å²) in [6, 6.07) is 4.86. The normalized spacial score (nSPS) is 13.4. The summed E-state index contributed by atoms with van der Waals surface area (Å²) in [7, 11) is 2.18. The molecule has 0 amide bonds. The van der Waals surface area contributed by atoms with Gasteiger partial charge in [0.2, 0.25) is 0 Å².